The van der Waals surface area contributed by atoms with Crippen LogP contribution in [0.2, 0.25) is 5.02 Å². The minimum absolute atomic E-state index is 0.0633. The highest BCUT2D eigenvalue weighted by Crippen LogP contribution is 2.36. The van der Waals surface area contributed by atoms with Gasteiger partial charge in [-0.15, -0.1) is 0 Å². The maximum absolute atomic E-state index is 13.4. The Labute approximate surface area is 360 Å². The molecule has 5 heterocycles. The third kappa shape index (κ3) is 9.01. The van der Waals surface area contributed by atoms with Crippen molar-refractivity contribution in [3.05, 3.63) is 123 Å². The number of hydrogen-bond acceptors (Lipinski definition) is 10. The summed E-state index contributed by atoms with van der Waals surface area (Å²) in [6.45, 7) is 15.8. The van der Waals surface area contributed by atoms with E-state index in [1.807, 2.05) is 42.5 Å². The molecular formula is C47H46ClN7O6. The van der Waals surface area contributed by atoms with E-state index in [2.05, 4.69) is 50.6 Å². The summed E-state index contributed by atoms with van der Waals surface area (Å²) >= 11 is 6.31. The molecule has 4 aliphatic heterocycles. The molecule has 312 valence electrons. The number of hydrogen-bond donors (Lipinski definition) is 1. The molecule has 4 amide bonds. The second kappa shape index (κ2) is 17.8. The zero-order chi connectivity index (χ0) is 42.7. The predicted octanol–water partition coefficient (Wildman–Crippen LogP) is 6.49. The Bertz CT molecular complexity index is 2460. The van der Waals surface area contributed by atoms with Crippen molar-refractivity contribution in [1.29, 1.82) is 0 Å². The van der Waals surface area contributed by atoms with Crippen molar-refractivity contribution >= 4 is 46.9 Å². The summed E-state index contributed by atoms with van der Waals surface area (Å²) < 4.78 is 12.3. The smallest absolute Gasteiger partial charge is 0.263 e. The topological polar surface area (TPSA) is 139 Å². The fourth-order valence-corrected chi connectivity index (χ4v) is 8.89. The Balaban J connectivity index is 0.775. The van der Waals surface area contributed by atoms with Crippen molar-refractivity contribution in [2.75, 3.05) is 37.7 Å². The molecule has 8 rings (SSSR count). The number of likely N-dealkylation sites (tertiary alicyclic amines) is 1. The first-order chi connectivity index (χ1) is 29.5. The highest BCUT2D eigenvalue weighted by Gasteiger charge is 2.45. The molecule has 1 N–H and O–H groups in total. The second-order valence-electron chi connectivity index (χ2n) is 16.3. The first-order valence-corrected chi connectivity index (χ1v) is 21.0. The number of carbonyl (C=O) groups is 4. The Morgan fingerprint density at radius 2 is 1.69 bits per heavy atom. The number of anilines is 1. The summed E-state index contributed by atoms with van der Waals surface area (Å²) in [6.07, 6.45) is 5.86. The van der Waals surface area contributed by atoms with Gasteiger partial charge in [0.2, 0.25) is 17.8 Å². The molecule has 1 aromatic heterocycles. The van der Waals surface area contributed by atoms with Crippen molar-refractivity contribution in [3.63, 3.8) is 0 Å². The van der Waals surface area contributed by atoms with E-state index >= 15 is 0 Å². The molecule has 3 aromatic carbocycles. The molecule has 61 heavy (non-hydrogen) atoms. The Morgan fingerprint density at radius 3 is 2.43 bits per heavy atom. The van der Waals surface area contributed by atoms with Crippen molar-refractivity contribution < 1.29 is 28.7 Å². The summed E-state index contributed by atoms with van der Waals surface area (Å²) in [4.78, 5) is 69.3. The normalized spacial score (nSPS) is 19.0. The zero-order valence-corrected chi connectivity index (χ0v) is 34.9. The molecule has 1 atom stereocenters. The van der Waals surface area contributed by atoms with Gasteiger partial charge in [0.1, 0.15) is 25.0 Å². The number of halogens is 1. The van der Waals surface area contributed by atoms with Crippen LogP contribution < -0.4 is 15.0 Å². The van der Waals surface area contributed by atoms with Gasteiger partial charge in [0.25, 0.3) is 11.8 Å². The van der Waals surface area contributed by atoms with Gasteiger partial charge in [-0.05, 0) is 85.7 Å². The fraction of sp³-hybridized carbons (Fsp3) is 0.383. The van der Waals surface area contributed by atoms with Gasteiger partial charge in [0.05, 0.1) is 29.5 Å². The molecular weight excluding hydrogens is 794 g/mol. The Kier molecular flexibility index (Phi) is 12.2. The summed E-state index contributed by atoms with van der Waals surface area (Å²) in [5, 5.41) is 2.77. The standard InChI is InChI=1S/C47H46ClN7O6/c1-47(2,32-26-33(48)28-35(27-32)49-3)31-9-11-37(12-10-31)61-29-34-15-20-50-46(51-34)54-21-16-36(17-22-54)53-23-18-38(19-24-53)60-25-5-7-30-6-4-8-39-42(30)45(59)55(44(39)58)40-13-14-41(56)52-43(40)57/h4,6,8-12,15,20,26-28,36,38,40H,13-14,16-19,21-25,29H2,1-2H3,(H,52,56,57). The summed E-state index contributed by atoms with van der Waals surface area (Å²) in [6, 6.07) is 19.7. The number of nitrogens with zero attached hydrogens (tertiary/aromatic N) is 6. The monoisotopic (exact) mass is 839 g/mol. The van der Waals surface area contributed by atoms with E-state index in [0.717, 1.165) is 79.3 Å². The Hall–Kier alpha value is -6.12. The number of amides is 4. The van der Waals surface area contributed by atoms with Crippen LogP contribution >= 0.6 is 11.6 Å². The van der Waals surface area contributed by atoms with Crippen LogP contribution in [0.1, 0.15) is 95.5 Å². The molecule has 14 heteroatoms. The summed E-state index contributed by atoms with van der Waals surface area (Å²) in [5.41, 5.74) is 3.85. The van der Waals surface area contributed by atoms with Crippen LogP contribution in [-0.4, -0.2) is 94.4 Å². The molecule has 1 unspecified atom stereocenters. The lowest BCUT2D eigenvalue weighted by atomic mass is 9.78. The minimum Gasteiger partial charge on any atom is -0.487 e. The average Bonchev–Trinajstić information content (AvgIpc) is 3.53. The first kappa shape index (κ1) is 41.6. The van der Waals surface area contributed by atoms with Gasteiger partial charge in [0, 0.05) is 60.8 Å². The highest BCUT2D eigenvalue weighted by atomic mass is 35.5. The SMILES string of the molecule is [C-]#[N+]c1cc(Cl)cc(C(C)(C)c2ccc(OCc3ccnc(N4CCC(N5CCC(OCC#Cc6cccc7c6C(=O)N(C6CCC(=O)NC6=O)C7=O)CC5)CC4)n3)cc2)c1. The maximum Gasteiger partial charge on any atom is 0.263 e. The minimum atomic E-state index is -1.02. The van der Waals surface area contributed by atoms with Gasteiger partial charge in [-0.3, -0.25) is 29.4 Å². The van der Waals surface area contributed by atoms with Gasteiger partial charge < -0.3 is 19.3 Å². The van der Waals surface area contributed by atoms with Crippen molar-refractivity contribution in [2.45, 2.75) is 82.6 Å². The quantitative estimate of drug-likeness (QED) is 0.107. The summed E-state index contributed by atoms with van der Waals surface area (Å²) in [5.74, 6) is 5.32. The molecule has 0 spiro atoms. The van der Waals surface area contributed by atoms with Gasteiger partial charge in [-0.2, -0.15) is 0 Å². The first-order valence-electron chi connectivity index (χ1n) is 20.7. The second-order valence-corrected chi connectivity index (χ2v) is 16.8. The number of benzene rings is 3. The number of rotatable bonds is 10. The molecule has 0 aliphatic carbocycles. The van der Waals surface area contributed by atoms with Gasteiger partial charge in [0.15, 0.2) is 5.69 Å². The van der Waals surface area contributed by atoms with Gasteiger partial charge in [-0.25, -0.2) is 14.8 Å². The van der Waals surface area contributed by atoms with Crippen LogP contribution in [-0.2, 0) is 26.3 Å². The molecule has 3 saturated heterocycles. The maximum atomic E-state index is 13.4. The molecule has 0 radical (unpaired) electrons. The molecule has 0 saturated carbocycles. The van der Waals surface area contributed by atoms with E-state index < -0.39 is 29.7 Å². The fourth-order valence-electron chi connectivity index (χ4n) is 8.66. The van der Waals surface area contributed by atoms with Crippen LogP contribution in [0.15, 0.2) is 72.9 Å². The van der Waals surface area contributed by atoms with Crippen LogP contribution in [0.5, 0.6) is 5.75 Å². The number of carbonyl (C=O) groups excluding carboxylic acids is 4. The predicted molar refractivity (Wildman–Crippen MR) is 228 cm³/mol. The molecule has 4 aliphatic rings. The number of nitrogens with one attached hydrogen (secondary N) is 1. The van der Waals surface area contributed by atoms with E-state index in [9.17, 15) is 19.2 Å². The van der Waals surface area contributed by atoms with Crippen LogP contribution in [0.4, 0.5) is 11.6 Å². The van der Waals surface area contributed by atoms with Crippen molar-refractivity contribution in [3.8, 4) is 17.6 Å². The number of piperidine rings is 3. The van der Waals surface area contributed by atoms with E-state index in [1.165, 1.54) is 0 Å². The molecule has 3 fully saturated rings. The third-order valence-electron chi connectivity index (χ3n) is 12.2. The largest absolute Gasteiger partial charge is 0.487 e. The van der Waals surface area contributed by atoms with Crippen molar-refractivity contribution in [2.24, 2.45) is 0 Å². The summed E-state index contributed by atoms with van der Waals surface area (Å²) in [7, 11) is 0. The molecule has 4 aromatic rings. The van der Waals surface area contributed by atoms with Gasteiger partial charge >= 0.3 is 0 Å². The average molecular weight is 840 g/mol. The lowest BCUT2D eigenvalue weighted by Crippen LogP contribution is -2.54. The van der Waals surface area contributed by atoms with E-state index in [0.29, 0.717) is 34.9 Å². The molecule has 13 nitrogen and oxygen atoms in total. The van der Waals surface area contributed by atoms with Crippen molar-refractivity contribution in [1.82, 2.24) is 25.1 Å². The number of fused-ring (bicyclic) bond motifs is 1. The van der Waals surface area contributed by atoms with Crippen LogP contribution in [0.25, 0.3) is 4.85 Å². The van der Waals surface area contributed by atoms with Gasteiger partial charge in [-0.1, -0.05) is 61.6 Å². The van der Waals surface area contributed by atoms with Crippen LogP contribution in [0.3, 0.4) is 0 Å². The number of aromatic nitrogens is 2. The zero-order valence-electron chi connectivity index (χ0n) is 34.2. The Morgan fingerprint density at radius 1 is 0.918 bits per heavy atom. The third-order valence-corrected chi connectivity index (χ3v) is 12.4. The number of ether oxygens (including phenoxy) is 2. The van der Waals surface area contributed by atoms with Crippen LogP contribution in [0, 0.1) is 18.4 Å². The molecule has 0 bridgehead atoms. The number of imide groups is 2. The van der Waals surface area contributed by atoms with E-state index in [1.54, 1.807) is 30.5 Å². The highest BCUT2D eigenvalue weighted by molar-refractivity contribution is 6.31. The van der Waals surface area contributed by atoms with E-state index in [4.69, 9.17) is 32.6 Å². The lowest BCUT2D eigenvalue weighted by molar-refractivity contribution is -0.136. The van der Waals surface area contributed by atoms with E-state index in [-0.39, 0.29) is 42.1 Å². The lowest BCUT2D eigenvalue weighted by Gasteiger charge is -2.41.